The maximum absolute atomic E-state index is 2.52. The number of hydrogen-bond acceptors (Lipinski definition) is 0. The average molecular weight is 695 g/mol. The Morgan fingerprint density at radius 2 is 0.818 bits per heavy atom. The number of fused-ring (bicyclic) bond motifs is 6. The summed E-state index contributed by atoms with van der Waals surface area (Å²) >= 11 is 0. The van der Waals surface area contributed by atoms with Gasteiger partial charge in [-0.25, -0.2) is 0 Å². The summed E-state index contributed by atoms with van der Waals surface area (Å²) in [6, 6.07) is 77.5. The summed E-state index contributed by atoms with van der Waals surface area (Å²) in [6.07, 6.45) is 0. The molecule has 0 aliphatic heterocycles. The Labute approximate surface area is 319 Å². The number of benzene rings is 11. The van der Waals surface area contributed by atoms with Gasteiger partial charge in [0.2, 0.25) is 0 Å². The van der Waals surface area contributed by atoms with Gasteiger partial charge in [0, 0.05) is 0 Å². The van der Waals surface area contributed by atoms with E-state index in [0.29, 0.717) is 0 Å². The molecular weight excluding hydrogens is 661 g/mol. The van der Waals surface area contributed by atoms with Gasteiger partial charge in [-0.15, -0.1) is 0 Å². The third-order valence-corrected chi connectivity index (χ3v) is 12.4. The quantitative estimate of drug-likeness (QED) is 0.161. The van der Waals surface area contributed by atoms with Gasteiger partial charge in [-0.05, 0) is 140 Å². The largest absolute Gasteiger partial charge is 0.0720 e. The fraction of sp³-hybridized carbons (Fsp3) is 0.0182. The Hall–Kier alpha value is -7.02. The van der Waals surface area contributed by atoms with E-state index in [9.17, 15) is 0 Å². The highest BCUT2D eigenvalue weighted by Gasteiger charge is 2.48. The van der Waals surface area contributed by atoms with Crippen molar-refractivity contribution in [1.29, 1.82) is 0 Å². The van der Waals surface area contributed by atoms with Crippen molar-refractivity contribution in [2.45, 2.75) is 5.41 Å². The summed E-state index contributed by atoms with van der Waals surface area (Å²) in [4.78, 5) is 0. The Balaban J connectivity index is 1.21. The maximum atomic E-state index is 2.52. The summed E-state index contributed by atoms with van der Waals surface area (Å²) in [5.41, 5.74) is 12.2. The molecule has 0 heteroatoms. The second kappa shape index (κ2) is 11.5. The summed E-state index contributed by atoms with van der Waals surface area (Å²) in [5.74, 6) is 0. The van der Waals surface area contributed by atoms with Crippen molar-refractivity contribution in [2.24, 2.45) is 0 Å². The normalized spacial score (nSPS) is 13.2. The highest BCUT2D eigenvalue weighted by Crippen LogP contribution is 2.61. The van der Waals surface area contributed by atoms with Crippen LogP contribution in [0, 0.1) is 0 Å². The summed E-state index contributed by atoms with van der Waals surface area (Å²) in [6.45, 7) is 0. The second-order valence-electron chi connectivity index (χ2n) is 15.2. The minimum absolute atomic E-state index is 0.579. The van der Waals surface area contributed by atoms with E-state index in [1.54, 1.807) is 0 Å². The molecule has 0 radical (unpaired) electrons. The molecule has 0 aromatic heterocycles. The van der Waals surface area contributed by atoms with E-state index < -0.39 is 5.41 Å². The van der Waals surface area contributed by atoms with Crippen LogP contribution in [0.5, 0.6) is 0 Å². The molecule has 1 aliphatic rings. The molecule has 0 saturated heterocycles. The lowest BCUT2D eigenvalue weighted by Gasteiger charge is -2.35. The van der Waals surface area contributed by atoms with Crippen LogP contribution in [0.25, 0.3) is 87.2 Å². The predicted octanol–water partition coefficient (Wildman–Crippen LogP) is 14.6. The highest BCUT2D eigenvalue weighted by atomic mass is 14.5. The molecule has 0 heterocycles. The molecule has 55 heavy (non-hydrogen) atoms. The monoisotopic (exact) mass is 694 g/mol. The Bertz CT molecular complexity index is 3190. The SMILES string of the molecule is c1ccc(C2(c3ccccc3)c3cc(-c4cc5ccc6cccc7ccc(c4)c5c67)ccc3-c3c2c(-c2ccc4ccccc4c2)cc2ccccc32)cc1. The van der Waals surface area contributed by atoms with Crippen molar-refractivity contribution >= 4 is 53.9 Å². The Morgan fingerprint density at radius 3 is 1.53 bits per heavy atom. The van der Waals surface area contributed by atoms with Crippen LogP contribution in [0.3, 0.4) is 0 Å². The smallest absolute Gasteiger partial charge is 0.0622 e. The van der Waals surface area contributed by atoms with Crippen molar-refractivity contribution in [1.82, 2.24) is 0 Å². The molecular formula is C55H34. The topological polar surface area (TPSA) is 0 Å². The molecule has 0 N–H and O–H groups in total. The van der Waals surface area contributed by atoms with Gasteiger partial charge in [-0.2, -0.15) is 0 Å². The van der Waals surface area contributed by atoms with Crippen molar-refractivity contribution in [3.05, 3.63) is 229 Å². The van der Waals surface area contributed by atoms with E-state index in [1.807, 2.05) is 0 Å². The van der Waals surface area contributed by atoms with Crippen LogP contribution in [0.1, 0.15) is 22.3 Å². The molecule has 254 valence electrons. The minimum Gasteiger partial charge on any atom is -0.0622 e. The molecule has 0 amide bonds. The minimum atomic E-state index is -0.579. The van der Waals surface area contributed by atoms with Gasteiger partial charge < -0.3 is 0 Å². The van der Waals surface area contributed by atoms with Crippen molar-refractivity contribution in [3.8, 4) is 33.4 Å². The first kappa shape index (κ1) is 30.4. The molecule has 11 aromatic rings. The van der Waals surface area contributed by atoms with Crippen molar-refractivity contribution in [2.75, 3.05) is 0 Å². The van der Waals surface area contributed by atoms with Gasteiger partial charge in [-0.3, -0.25) is 0 Å². The van der Waals surface area contributed by atoms with Gasteiger partial charge in [0.05, 0.1) is 5.41 Å². The molecule has 11 aromatic carbocycles. The van der Waals surface area contributed by atoms with E-state index in [1.165, 1.54) is 109 Å². The predicted molar refractivity (Wildman–Crippen MR) is 233 cm³/mol. The van der Waals surface area contributed by atoms with E-state index >= 15 is 0 Å². The van der Waals surface area contributed by atoms with E-state index in [0.717, 1.165) is 0 Å². The van der Waals surface area contributed by atoms with Gasteiger partial charge in [0.1, 0.15) is 0 Å². The third-order valence-electron chi connectivity index (χ3n) is 12.4. The van der Waals surface area contributed by atoms with Gasteiger partial charge in [0.25, 0.3) is 0 Å². The van der Waals surface area contributed by atoms with Gasteiger partial charge in [-0.1, -0.05) is 176 Å². The fourth-order valence-electron chi connectivity index (χ4n) is 10.1. The van der Waals surface area contributed by atoms with Gasteiger partial charge >= 0.3 is 0 Å². The molecule has 0 bridgehead atoms. The van der Waals surface area contributed by atoms with Crippen LogP contribution in [0.4, 0.5) is 0 Å². The zero-order valence-corrected chi connectivity index (χ0v) is 30.1. The fourth-order valence-corrected chi connectivity index (χ4v) is 10.1. The first-order valence-corrected chi connectivity index (χ1v) is 19.2. The summed E-state index contributed by atoms with van der Waals surface area (Å²) in [5, 5.41) is 12.9. The molecule has 12 rings (SSSR count). The van der Waals surface area contributed by atoms with E-state index in [4.69, 9.17) is 0 Å². The van der Waals surface area contributed by atoms with Crippen LogP contribution in [-0.2, 0) is 5.41 Å². The van der Waals surface area contributed by atoms with Gasteiger partial charge in [0.15, 0.2) is 0 Å². The molecule has 1 aliphatic carbocycles. The highest BCUT2D eigenvalue weighted by molar-refractivity contribution is 6.23. The lowest BCUT2D eigenvalue weighted by Crippen LogP contribution is -2.29. The maximum Gasteiger partial charge on any atom is 0.0720 e. The van der Waals surface area contributed by atoms with Crippen molar-refractivity contribution < 1.29 is 0 Å². The second-order valence-corrected chi connectivity index (χ2v) is 15.2. The molecule has 0 spiro atoms. The molecule has 0 saturated carbocycles. The molecule has 0 nitrogen and oxygen atoms in total. The zero-order chi connectivity index (χ0) is 36.1. The van der Waals surface area contributed by atoms with E-state index in [-0.39, 0.29) is 0 Å². The lowest BCUT2D eigenvalue weighted by atomic mass is 9.65. The number of rotatable bonds is 4. The molecule has 0 atom stereocenters. The third kappa shape index (κ3) is 4.28. The zero-order valence-electron chi connectivity index (χ0n) is 30.1. The van der Waals surface area contributed by atoms with Crippen LogP contribution >= 0.6 is 0 Å². The Morgan fingerprint density at radius 1 is 0.291 bits per heavy atom. The lowest BCUT2D eigenvalue weighted by molar-refractivity contribution is 0.771. The summed E-state index contributed by atoms with van der Waals surface area (Å²) in [7, 11) is 0. The van der Waals surface area contributed by atoms with Crippen LogP contribution in [0.2, 0.25) is 0 Å². The first-order chi connectivity index (χ1) is 27.3. The number of hydrogen-bond donors (Lipinski definition) is 0. The van der Waals surface area contributed by atoms with Crippen LogP contribution in [0.15, 0.2) is 206 Å². The average Bonchev–Trinajstić information content (AvgIpc) is 3.57. The van der Waals surface area contributed by atoms with E-state index in [2.05, 4.69) is 206 Å². The molecule has 0 unspecified atom stereocenters. The van der Waals surface area contributed by atoms with Crippen LogP contribution in [-0.4, -0.2) is 0 Å². The van der Waals surface area contributed by atoms with Crippen LogP contribution < -0.4 is 0 Å². The Kier molecular flexibility index (Phi) is 6.36. The first-order valence-electron chi connectivity index (χ1n) is 19.2. The summed E-state index contributed by atoms with van der Waals surface area (Å²) < 4.78 is 0. The standard InChI is InChI=1S/C55H34/c1-3-17-45(18-4-1)55(46-19-5-2-6-20-46)50-34-39(44-31-42-26-23-36-15-11-16-37-24-27-43(32-44)52(42)51(36)37)28-29-48(50)53-47-21-10-9-14-40(47)33-49(54(53)55)41-25-22-35-12-7-8-13-38(35)30-41/h1-34H. The molecule has 0 fully saturated rings. The van der Waals surface area contributed by atoms with Crippen molar-refractivity contribution in [3.63, 3.8) is 0 Å².